The molecule has 2 aromatic carbocycles. The topological polar surface area (TPSA) is 105 Å². The summed E-state index contributed by atoms with van der Waals surface area (Å²) in [7, 11) is 2.93. The van der Waals surface area contributed by atoms with Crippen molar-refractivity contribution < 1.29 is 27.8 Å². The number of ether oxygens (including phenoxy) is 3. The first-order valence-electron chi connectivity index (χ1n) is 13.5. The molecule has 218 valence electrons. The molecule has 0 spiro atoms. The van der Waals surface area contributed by atoms with E-state index in [4.69, 9.17) is 14.2 Å². The largest absolute Gasteiger partial charge is 0.491 e. The van der Waals surface area contributed by atoms with Crippen LogP contribution in [0.25, 0.3) is 22.2 Å². The highest BCUT2D eigenvalue weighted by Gasteiger charge is 2.23. The SMILES string of the molecule is COc1cc2nccc(Oc3ccc(NC(=O)c4cn(C5CCC5)cc(-c5ccc(F)cc5)c4=O)cc3F)c2nc1OC. The van der Waals surface area contributed by atoms with Gasteiger partial charge in [0.2, 0.25) is 5.43 Å². The molecule has 9 nitrogen and oxygen atoms in total. The number of halogens is 2. The molecule has 43 heavy (non-hydrogen) atoms. The molecule has 0 saturated heterocycles. The van der Waals surface area contributed by atoms with E-state index in [1.54, 1.807) is 12.3 Å². The van der Waals surface area contributed by atoms with Crippen LogP contribution in [0, 0.1) is 11.6 Å². The van der Waals surface area contributed by atoms with Crippen molar-refractivity contribution in [3.8, 4) is 34.3 Å². The zero-order chi connectivity index (χ0) is 30.1. The summed E-state index contributed by atoms with van der Waals surface area (Å²) in [5.74, 6) is -1.17. The molecule has 5 aromatic rings. The van der Waals surface area contributed by atoms with Crippen LogP contribution in [0.4, 0.5) is 14.5 Å². The van der Waals surface area contributed by atoms with Gasteiger partial charge in [-0.1, -0.05) is 12.1 Å². The first-order valence-corrected chi connectivity index (χ1v) is 13.5. The van der Waals surface area contributed by atoms with E-state index in [0.29, 0.717) is 22.3 Å². The Balaban J connectivity index is 1.28. The van der Waals surface area contributed by atoms with Gasteiger partial charge in [-0.3, -0.25) is 14.6 Å². The van der Waals surface area contributed by atoms with Crippen LogP contribution in [0.1, 0.15) is 35.7 Å². The third-order valence-corrected chi connectivity index (χ3v) is 7.37. The molecule has 1 fully saturated rings. The lowest BCUT2D eigenvalue weighted by Crippen LogP contribution is -2.27. The number of rotatable bonds is 8. The minimum Gasteiger partial charge on any atom is -0.491 e. The molecule has 0 radical (unpaired) electrons. The normalized spacial score (nSPS) is 12.9. The van der Waals surface area contributed by atoms with Crippen molar-refractivity contribution in [3.63, 3.8) is 0 Å². The van der Waals surface area contributed by atoms with Crippen LogP contribution < -0.4 is 25.0 Å². The standard InChI is InChI=1S/C32H26F2N4O5/c1-41-28-15-25-29(37-32(28)42-2)27(12-13-35-25)43-26-11-10-20(14-24(26)34)36-31(40)23-17-38(21-4-3-5-21)16-22(30(23)39)18-6-8-19(33)9-7-18/h6-17,21H,3-5H2,1-2H3,(H,36,40). The summed E-state index contributed by atoms with van der Waals surface area (Å²) in [5.41, 5.74) is 1.08. The van der Waals surface area contributed by atoms with Gasteiger partial charge >= 0.3 is 0 Å². The fraction of sp³-hybridized carbons (Fsp3) is 0.188. The summed E-state index contributed by atoms with van der Waals surface area (Å²) in [4.78, 5) is 35.4. The van der Waals surface area contributed by atoms with E-state index in [1.807, 2.05) is 4.57 Å². The van der Waals surface area contributed by atoms with E-state index in [2.05, 4.69) is 15.3 Å². The molecule has 3 heterocycles. The van der Waals surface area contributed by atoms with Gasteiger partial charge in [-0.2, -0.15) is 0 Å². The predicted octanol–water partition coefficient (Wildman–Crippen LogP) is 6.52. The summed E-state index contributed by atoms with van der Waals surface area (Å²) in [6.07, 6.45) is 7.60. The Morgan fingerprint density at radius 1 is 0.953 bits per heavy atom. The van der Waals surface area contributed by atoms with Gasteiger partial charge in [0.15, 0.2) is 23.1 Å². The summed E-state index contributed by atoms with van der Waals surface area (Å²) in [6, 6.07) is 12.8. The highest BCUT2D eigenvalue weighted by atomic mass is 19.1. The predicted molar refractivity (Wildman–Crippen MR) is 156 cm³/mol. The van der Waals surface area contributed by atoms with E-state index in [1.165, 1.54) is 69.1 Å². The average Bonchev–Trinajstić information content (AvgIpc) is 2.98. The molecular weight excluding hydrogens is 558 g/mol. The molecule has 1 aliphatic rings. The van der Waals surface area contributed by atoms with Crippen molar-refractivity contribution in [2.45, 2.75) is 25.3 Å². The number of hydrogen-bond donors (Lipinski definition) is 1. The number of aromatic nitrogens is 3. The Bertz CT molecular complexity index is 1910. The fourth-order valence-electron chi connectivity index (χ4n) is 4.86. The second-order valence-electron chi connectivity index (χ2n) is 10.0. The third kappa shape index (κ3) is 5.49. The lowest BCUT2D eigenvalue weighted by molar-refractivity contribution is 0.102. The maximum absolute atomic E-state index is 15.2. The van der Waals surface area contributed by atoms with E-state index in [9.17, 15) is 14.0 Å². The van der Waals surface area contributed by atoms with Gasteiger partial charge in [0.25, 0.3) is 11.8 Å². The molecule has 0 unspecified atom stereocenters. The highest BCUT2D eigenvalue weighted by Crippen LogP contribution is 2.35. The van der Waals surface area contributed by atoms with E-state index in [0.717, 1.165) is 25.3 Å². The van der Waals surface area contributed by atoms with E-state index in [-0.39, 0.29) is 40.2 Å². The van der Waals surface area contributed by atoms with Crippen molar-refractivity contribution >= 4 is 22.6 Å². The van der Waals surface area contributed by atoms with Crippen molar-refractivity contribution in [1.82, 2.24) is 14.5 Å². The maximum atomic E-state index is 15.2. The third-order valence-electron chi connectivity index (χ3n) is 7.37. The lowest BCUT2D eigenvalue weighted by atomic mass is 9.92. The molecule has 6 rings (SSSR count). The zero-order valence-corrected chi connectivity index (χ0v) is 23.3. The van der Waals surface area contributed by atoms with Crippen molar-refractivity contribution in [2.24, 2.45) is 0 Å². The Labute approximate surface area is 244 Å². The number of methoxy groups -OCH3 is 2. The lowest BCUT2D eigenvalue weighted by Gasteiger charge is -2.29. The van der Waals surface area contributed by atoms with Crippen molar-refractivity contribution in [3.05, 3.63) is 101 Å². The second-order valence-corrected chi connectivity index (χ2v) is 10.0. The van der Waals surface area contributed by atoms with Gasteiger partial charge in [-0.15, -0.1) is 0 Å². The van der Waals surface area contributed by atoms with Crippen LogP contribution in [0.2, 0.25) is 0 Å². The first kappa shape index (κ1) is 27.8. The molecule has 1 amide bonds. The number of nitrogens with zero attached hydrogens (tertiary/aromatic N) is 3. The number of carbonyl (C=O) groups excluding carboxylic acids is 1. The summed E-state index contributed by atoms with van der Waals surface area (Å²) in [6.45, 7) is 0. The highest BCUT2D eigenvalue weighted by molar-refractivity contribution is 6.04. The quantitative estimate of drug-likeness (QED) is 0.221. The molecule has 11 heteroatoms. The molecule has 1 aliphatic carbocycles. The summed E-state index contributed by atoms with van der Waals surface area (Å²) >= 11 is 0. The van der Waals surface area contributed by atoms with Crippen LogP contribution in [0.3, 0.4) is 0 Å². The molecule has 0 atom stereocenters. The zero-order valence-electron chi connectivity index (χ0n) is 23.3. The number of amides is 1. The van der Waals surface area contributed by atoms with Gasteiger partial charge in [0.05, 0.1) is 19.7 Å². The molecule has 0 bridgehead atoms. The molecular formula is C32H26F2N4O5. The number of fused-ring (bicyclic) bond motifs is 1. The number of hydrogen-bond acceptors (Lipinski definition) is 7. The smallest absolute Gasteiger partial charge is 0.261 e. The van der Waals surface area contributed by atoms with Crippen molar-refractivity contribution in [2.75, 3.05) is 19.5 Å². The van der Waals surface area contributed by atoms with Crippen LogP contribution in [-0.2, 0) is 0 Å². The van der Waals surface area contributed by atoms with Gasteiger partial charge in [0, 0.05) is 54.1 Å². The number of nitrogens with one attached hydrogen (secondary N) is 1. The number of anilines is 1. The van der Waals surface area contributed by atoms with Crippen LogP contribution in [0.15, 0.2) is 78.0 Å². The van der Waals surface area contributed by atoms with Crippen molar-refractivity contribution in [1.29, 1.82) is 0 Å². The van der Waals surface area contributed by atoms with Gasteiger partial charge in [-0.25, -0.2) is 13.8 Å². The number of benzene rings is 2. The molecule has 3 aromatic heterocycles. The van der Waals surface area contributed by atoms with Crippen LogP contribution in [0.5, 0.6) is 23.1 Å². The first-order chi connectivity index (χ1) is 20.8. The molecule has 0 aliphatic heterocycles. The monoisotopic (exact) mass is 584 g/mol. The maximum Gasteiger partial charge on any atom is 0.261 e. The van der Waals surface area contributed by atoms with Crippen LogP contribution in [-0.4, -0.2) is 34.7 Å². The Morgan fingerprint density at radius 2 is 1.74 bits per heavy atom. The Kier molecular flexibility index (Phi) is 7.45. The van der Waals surface area contributed by atoms with Gasteiger partial charge in [0.1, 0.15) is 16.9 Å². The van der Waals surface area contributed by atoms with Gasteiger partial charge in [-0.05, 0) is 49.1 Å². The van der Waals surface area contributed by atoms with Crippen LogP contribution >= 0.6 is 0 Å². The number of carbonyl (C=O) groups is 1. The minimum atomic E-state index is -0.754. The van der Waals surface area contributed by atoms with Gasteiger partial charge < -0.3 is 24.1 Å². The average molecular weight is 585 g/mol. The summed E-state index contributed by atoms with van der Waals surface area (Å²) in [5, 5.41) is 2.62. The van der Waals surface area contributed by atoms with E-state index >= 15 is 4.39 Å². The van der Waals surface area contributed by atoms with E-state index < -0.39 is 23.0 Å². The Morgan fingerprint density at radius 3 is 2.42 bits per heavy atom. The number of pyridine rings is 3. The minimum absolute atomic E-state index is 0.104. The molecule has 1 saturated carbocycles. The molecule has 1 N–H and O–H groups in total. The fourth-order valence-corrected chi connectivity index (χ4v) is 4.86. The Hall–Kier alpha value is -5.32. The summed E-state index contributed by atoms with van der Waals surface area (Å²) < 4.78 is 47.0. The second kappa shape index (κ2) is 11.5.